The fourth-order valence-electron chi connectivity index (χ4n) is 4.44. The van der Waals surface area contributed by atoms with Crippen LogP contribution in [0.3, 0.4) is 0 Å². The standard InChI is InChI=1S/C24H51O15P3/c1-4-7-10-13-34-19-20(35-14-11-8-5-2)22(37-40(28,29)16-25)24(39-42(32,33)18-27)23(38-41(30,31)17-26)21(19)36-15-12-9-6-3/h19-27H,4-18H2,1-3H3,(H,28,29)(H,30,31)(H,32,33)/t19?,20-,21+,22-,23-,24?/m0/s1. The summed E-state index contributed by atoms with van der Waals surface area (Å²) in [5.74, 6) is 0. The fourth-order valence-corrected chi connectivity index (χ4v) is 6.50. The molecule has 0 radical (unpaired) electrons. The van der Waals surface area contributed by atoms with Crippen molar-refractivity contribution in [2.45, 2.75) is 115 Å². The fraction of sp³-hybridized carbons (Fsp3) is 1.00. The van der Waals surface area contributed by atoms with Gasteiger partial charge in [0.25, 0.3) is 0 Å². The minimum absolute atomic E-state index is 0.106. The molecule has 1 aliphatic carbocycles. The first-order valence-electron chi connectivity index (χ1n) is 14.5. The topological polar surface area (TPSA) is 228 Å². The van der Waals surface area contributed by atoms with Crippen molar-refractivity contribution >= 4 is 22.8 Å². The first-order chi connectivity index (χ1) is 19.8. The maximum absolute atomic E-state index is 12.7. The maximum Gasteiger partial charge on any atom is 0.353 e. The Morgan fingerprint density at radius 2 is 0.690 bits per heavy atom. The normalized spacial score (nSPS) is 29.1. The Morgan fingerprint density at radius 3 is 0.929 bits per heavy atom. The van der Waals surface area contributed by atoms with Gasteiger partial charge in [-0.2, -0.15) is 0 Å². The van der Waals surface area contributed by atoms with Crippen molar-refractivity contribution in [1.82, 2.24) is 0 Å². The number of hydrogen-bond donors (Lipinski definition) is 6. The third kappa shape index (κ3) is 14.1. The van der Waals surface area contributed by atoms with Crippen LogP contribution in [0.2, 0.25) is 0 Å². The van der Waals surface area contributed by atoms with Crippen LogP contribution in [-0.4, -0.2) is 105 Å². The molecule has 0 aromatic heterocycles. The van der Waals surface area contributed by atoms with Crippen molar-refractivity contribution < 1.29 is 71.5 Å². The van der Waals surface area contributed by atoms with E-state index in [0.29, 0.717) is 19.3 Å². The van der Waals surface area contributed by atoms with E-state index in [1.54, 1.807) is 0 Å². The summed E-state index contributed by atoms with van der Waals surface area (Å²) in [6, 6.07) is 0. The van der Waals surface area contributed by atoms with Gasteiger partial charge in [-0.25, -0.2) is 0 Å². The molecule has 1 saturated carbocycles. The first kappa shape index (κ1) is 40.2. The van der Waals surface area contributed by atoms with Crippen LogP contribution >= 0.6 is 22.8 Å². The van der Waals surface area contributed by atoms with Crippen molar-refractivity contribution in [1.29, 1.82) is 0 Å². The SMILES string of the molecule is CCCCCOC1[C@@H](OCCCCC)[C@H](OP(=O)(O)CO)C(OP(=O)(O)CO)[C@@H](OP(=O)(O)CO)[C@H]1OCCCCC. The summed E-state index contributed by atoms with van der Waals surface area (Å²) in [5, 5.41) is 28.6. The predicted octanol–water partition coefficient (Wildman–Crippen LogP) is 3.29. The van der Waals surface area contributed by atoms with Crippen LogP contribution in [0.4, 0.5) is 0 Å². The molecule has 0 aromatic rings. The molecule has 0 amide bonds. The van der Waals surface area contributed by atoms with E-state index in [4.69, 9.17) is 27.8 Å². The molecule has 0 aromatic carbocycles. The Balaban J connectivity index is 3.79. The summed E-state index contributed by atoms with van der Waals surface area (Å²) < 4.78 is 72.4. The van der Waals surface area contributed by atoms with E-state index in [0.717, 1.165) is 38.5 Å². The molecule has 6 N–H and O–H groups in total. The Labute approximate surface area is 248 Å². The molecule has 0 aliphatic heterocycles. The van der Waals surface area contributed by atoms with Crippen molar-refractivity contribution in [3.05, 3.63) is 0 Å². The van der Waals surface area contributed by atoms with Crippen LogP contribution in [0.1, 0.15) is 78.6 Å². The lowest BCUT2D eigenvalue weighted by Crippen LogP contribution is -2.67. The average molecular weight is 673 g/mol. The molecule has 15 nitrogen and oxygen atoms in total. The lowest BCUT2D eigenvalue weighted by atomic mass is 9.84. The van der Waals surface area contributed by atoms with Crippen LogP contribution in [0.15, 0.2) is 0 Å². The number of aliphatic hydroxyl groups excluding tert-OH is 3. The number of rotatable bonds is 24. The van der Waals surface area contributed by atoms with Crippen LogP contribution < -0.4 is 0 Å². The van der Waals surface area contributed by atoms with Crippen molar-refractivity contribution in [2.75, 3.05) is 38.9 Å². The third-order valence-electron chi connectivity index (χ3n) is 6.51. The van der Waals surface area contributed by atoms with Crippen LogP contribution in [0, 0.1) is 0 Å². The molecule has 18 heteroatoms. The summed E-state index contributed by atoms with van der Waals surface area (Å²) in [5.41, 5.74) is 0. The number of ether oxygens (including phenoxy) is 3. The second-order valence-corrected chi connectivity index (χ2v) is 15.5. The first-order valence-corrected chi connectivity index (χ1v) is 19.8. The Morgan fingerprint density at radius 1 is 0.452 bits per heavy atom. The van der Waals surface area contributed by atoms with Crippen LogP contribution in [0.5, 0.6) is 0 Å². The molecular weight excluding hydrogens is 621 g/mol. The van der Waals surface area contributed by atoms with Crippen molar-refractivity contribution in [3.8, 4) is 0 Å². The van der Waals surface area contributed by atoms with Crippen LogP contribution in [0.25, 0.3) is 0 Å². The molecule has 1 rings (SSSR count). The van der Waals surface area contributed by atoms with Crippen LogP contribution in [-0.2, 0) is 41.5 Å². The highest BCUT2D eigenvalue weighted by atomic mass is 31.2. The highest BCUT2D eigenvalue weighted by molar-refractivity contribution is 7.53. The van der Waals surface area contributed by atoms with Gasteiger partial charge in [-0.3, -0.25) is 27.3 Å². The zero-order chi connectivity index (χ0) is 31.8. The smallest absolute Gasteiger partial charge is 0.353 e. The van der Waals surface area contributed by atoms with E-state index >= 15 is 0 Å². The molecule has 0 spiro atoms. The van der Waals surface area contributed by atoms with Gasteiger partial charge >= 0.3 is 22.8 Å². The molecular formula is C24H51O15P3. The van der Waals surface area contributed by atoms with E-state index in [1.807, 2.05) is 20.8 Å². The molecule has 9 atom stereocenters. The zero-order valence-corrected chi connectivity index (χ0v) is 27.5. The third-order valence-corrected chi connectivity index (χ3v) is 9.30. The maximum atomic E-state index is 12.7. The Hall–Kier alpha value is 0.210. The lowest BCUT2D eigenvalue weighted by Gasteiger charge is -2.49. The second-order valence-electron chi connectivity index (χ2n) is 10.2. The quantitative estimate of drug-likeness (QED) is 0.0639. The summed E-state index contributed by atoms with van der Waals surface area (Å²) >= 11 is 0. The van der Waals surface area contributed by atoms with Gasteiger partial charge in [0.2, 0.25) is 0 Å². The van der Waals surface area contributed by atoms with E-state index < -0.39 is 78.5 Å². The molecule has 252 valence electrons. The minimum atomic E-state index is -4.86. The van der Waals surface area contributed by atoms with Gasteiger partial charge in [0.05, 0.1) is 0 Å². The van der Waals surface area contributed by atoms with Gasteiger partial charge in [0.15, 0.2) is 0 Å². The van der Waals surface area contributed by atoms with Gasteiger partial charge in [-0.05, 0) is 19.3 Å². The molecule has 5 unspecified atom stereocenters. The van der Waals surface area contributed by atoms with E-state index in [2.05, 4.69) is 0 Å². The average Bonchev–Trinajstić information content (AvgIpc) is 2.95. The predicted molar refractivity (Wildman–Crippen MR) is 153 cm³/mol. The largest absolute Gasteiger partial charge is 0.384 e. The van der Waals surface area contributed by atoms with Crippen molar-refractivity contribution in [2.24, 2.45) is 0 Å². The summed E-state index contributed by atoms with van der Waals surface area (Å²) in [7, 11) is -14.5. The van der Waals surface area contributed by atoms with E-state index in [9.17, 15) is 43.7 Å². The summed E-state index contributed by atoms with van der Waals surface area (Å²) in [6.45, 7) is 6.32. The molecule has 0 heterocycles. The highest BCUT2D eigenvalue weighted by Gasteiger charge is 2.59. The minimum Gasteiger partial charge on any atom is -0.384 e. The summed E-state index contributed by atoms with van der Waals surface area (Å²) in [6.07, 6.45) is -6.72. The Kier molecular flexibility index (Phi) is 19.5. The van der Waals surface area contributed by atoms with Gasteiger partial charge in [0, 0.05) is 19.8 Å². The van der Waals surface area contributed by atoms with E-state index in [1.165, 1.54) is 0 Å². The van der Waals surface area contributed by atoms with Gasteiger partial charge in [-0.1, -0.05) is 59.3 Å². The molecule has 1 fully saturated rings. The van der Waals surface area contributed by atoms with Gasteiger partial charge in [0.1, 0.15) is 55.7 Å². The number of hydrogen-bond acceptors (Lipinski definition) is 12. The Bertz CT molecular complexity index is 828. The molecule has 1 aliphatic rings. The zero-order valence-electron chi connectivity index (χ0n) is 24.8. The number of aliphatic hydroxyl groups is 3. The highest BCUT2D eigenvalue weighted by Crippen LogP contribution is 2.54. The second kappa shape index (κ2) is 20.4. The van der Waals surface area contributed by atoms with Gasteiger partial charge in [-0.15, -0.1) is 0 Å². The molecule has 0 saturated heterocycles. The van der Waals surface area contributed by atoms with Crippen molar-refractivity contribution in [3.63, 3.8) is 0 Å². The lowest BCUT2D eigenvalue weighted by molar-refractivity contribution is -0.245. The number of unbranched alkanes of at least 4 members (excludes halogenated alkanes) is 6. The van der Waals surface area contributed by atoms with Gasteiger partial charge < -0.3 is 44.2 Å². The monoisotopic (exact) mass is 672 g/mol. The summed E-state index contributed by atoms with van der Waals surface area (Å²) in [4.78, 5) is 30.8. The van der Waals surface area contributed by atoms with E-state index in [-0.39, 0.29) is 19.8 Å². The molecule has 0 bridgehead atoms. The molecule has 42 heavy (non-hydrogen) atoms.